The van der Waals surface area contributed by atoms with E-state index in [0.717, 1.165) is 25.7 Å². The highest BCUT2D eigenvalue weighted by Gasteiger charge is 2.41. The molecule has 2 N–H and O–H groups in total. The Labute approximate surface area is 124 Å². The predicted octanol–water partition coefficient (Wildman–Crippen LogP) is 1.30. The molecule has 6 heteroatoms. The van der Waals surface area contributed by atoms with Crippen molar-refractivity contribution in [3.05, 3.63) is 23.9 Å². The first-order valence-electron chi connectivity index (χ1n) is 7.37. The molecule has 2 fully saturated rings. The Morgan fingerprint density at radius 3 is 2.67 bits per heavy atom. The molecule has 0 aromatic carbocycles. The number of nitrogens with zero attached hydrogens (tertiary/aromatic N) is 2. The van der Waals surface area contributed by atoms with Gasteiger partial charge in [0.2, 0.25) is 0 Å². The molecular weight excluding hydrogens is 270 g/mol. The van der Waals surface area contributed by atoms with Crippen LogP contribution in [0.1, 0.15) is 36.0 Å². The number of amides is 1. The molecule has 2 aliphatic rings. The van der Waals surface area contributed by atoms with Gasteiger partial charge in [0, 0.05) is 32.1 Å². The molecule has 3 rings (SSSR count). The summed E-state index contributed by atoms with van der Waals surface area (Å²) in [4.78, 5) is 17.9. The van der Waals surface area contributed by atoms with E-state index in [0.29, 0.717) is 30.6 Å². The molecule has 0 atom stereocenters. The van der Waals surface area contributed by atoms with Gasteiger partial charge < -0.3 is 20.1 Å². The molecule has 114 valence electrons. The third kappa shape index (κ3) is 2.73. The molecule has 1 aliphatic carbocycles. The van der Waals surface area contributed by atoms with Crippen LogP contribution in [-0.2, 0) is 9.47 Å². The Bertz CT molecular complexity index is 519. The van der Waals surface area contributed by atoms with E-state index in [1.807, 2.05) is 7.05 Å². The van der Waals surface area contributed by atoms with Gasteiger partial charge in [0.15, 0.2) is 5.79 Å². The van der Waals surface area contributed by atoms with E-state index in [1.54, 1.807) is 18.3 Å². The Balaban J connectivity index is 1.72. The van der Waals surface area contributed by atoms with E-state index < -0.39 is 5.91 Å². The number of carbonyl (C=O) groups is 1. The number of hydrogen-bond donors (Lipinski definition) is 1. The van der Waals surface area contributed by atoms with E-state index in [4.69, 9.17) is 15.2 Å². The van der Waals surface area contributed by atoms with Crippen LogP contribution < -0.4 is 10.6 Å². The Morgan fingerprint density at radius 1 is 1.38 bits per heavy atom. The van der Waals surface area contributed by atoms with Gasteiger partial charge in [-0.25, -0.2) is 4.98 Å². The number of pyridine rings is 1. The third-order valence-corrected chi connectivity index (χ3v) is 4.46. The molecule has 1 saturated carbocycles. The van der Waals surface area contributed by atoms with E-state index in [-0.39, 0.29) is 5.79 Å². The van der Waals surface area contributed by atoms with Crippen molar-refractivity contribution in [2.45, 2.75) is 37.5 Å². The summed E-state index contributed by atoms with van der Waals surface area (Å²) in [5.74, 6) is -0.160. The topological polar surface area (TPSA) is 77.7 Å². The van der Waals surface area contributed by atoms with Gasteiger partial charge in [-0.2, -0.15) is 0 Å². The van der Waals surface area contributed by atoms with Crippen molar-refractivity contribution < 1.29 is 14.3 Å². The van der Waals surface area contributed by atoms with Crippen molar-refractivity contribution in [1.29, 1.82) is 0 Å². The number of rotatable bonds is 3. The van der Waals surface area contributed by atoms with Crippen LogP contribution in [0.5, 0.6) is 0 Å². The van der Waals surface area contributed by atoms with E-state index in [1.165, 1.54) is 0 Å². The molecule has 1 spiro atoms. The minimum Gasteiger partial charge on any atom is -0.365 e. The summed E-state index contributed by atoms with van der Waals surface area (Å²) in [6.45, 7) is 1.37. The van der Waals surface area contributed by atoms with E-state index in [9.17, 15) is 4.79 Å². The molecule has 6 nitrogen and oxygen atoms in total. The van der Waals surface area contributed by atoms with Crippen LogP contribution in [0.4, 0.5) is 5.82 Å². The van der Waals surface area contributed by atoms with E-state index >= 15 is 0 Å². The van der Waals surface area contributed by atoms with Crippen molar-refractivity contribution in [2.75, 3.05) is 25.2 Å². The fourth-order valence-electron chi connectivity index (χ4n) is 3.26. The molecule has 2 heterocycles. The van der Waals surface area contributed by atoms with Crippen molar-refractivity contribution in [3.63, 3.8) is 0 Å². The molecule has 1 aromatic heterocycles. The van der Waals surface area contributed by atoms with Crippen LogP contribution in [0.15, 0.2) is 18.3 Å². The highest BCUT2D eigenvalue weighted by molar-refractivity contribution is 5.97. The molecule has 0 radical (unpaired) electrons. The maximum atomic E-state index is 11.5. The van der Waals surface area contributed by atoms with Crippen LogP contribution in [0, 0.1) is 0 Å². The first-order chi connectivity index (χ1) is 10.1. The van der Waals surface area contributed by atoms with Gasteiger partial charge in [-0.1, -0.05) is 0 Å². The smallest absolute Gasteiger partial charge is 0.252 e. The number of aromatic nitrogens is 1. The zero-order valence-electron chi connectivity index (χ0n) is 12.2. The molecule has 0 bridgehead atoms. The second-order valence-corrected chi connectivity index (χ2v) is 5.69. The Morgan fingerprint density at radius 2 is 2.05 bits per heavy atom. The van der Waals surface area contributed by atoms with Crippen molar-refractivity contribution >= 4 is 11.7 Å². The number of ether oxygens (including phenoxy) is 2. The van der Waals surface area contributed by atoms with Gasteiger partial charge in [-0.3, -0.25) is 4.79 Å². The number of nitrogens with two attached hydrogens (primary N) is 1. The summed E-state index contributed by atoms with van der Waals surface area (Å²) in [5, 5.41) is 0. The summed E-state index contributed by atoms with van der Waals surface area (Å²) < 4.78 is 11.5. The molecule has 21 heavy (non-hydrogen) atoms. The molecule has 1 aliphatic heterocycles. The Kier molecular flexibility index (Phi) is 3.82. The van der Waals surface area contributed by atoms with Gasteiger partial charge in [-0.15, -0.1) is 0 Å². The van der Waals surface area contributed by atoms with Gasteiger partial charge in [-0.05, 0) is 25.0 Å². The van der Waals surface area contributed by atoms with Gasteiger partial charge >= 0.3 is 0 Å². The quantitative estimate of drug-likeness (QED) is 0.908. The lowest BCUT2D eigenvalue weighted by Gasteiger charge is -2.39. The molecule has 1 saturated heterocycles. The maximum absolute atomic E-state index is 11.5. The van der Waals surface area contributed by atoms with Crippen LogP contribution in [-0.4, -0.2) is 43.0 Å². The van der Waals surface area contributed by atoms with Gasteiger partial charge in [0.05, 0.1) is 18.8 Å². The lowest BCUT2D eigenvalue weighted by Crippen LogP contribution is -2.43. The van der Waals surface area contributed by atoms with Crippen LogP contribution >= 0.6 is 0 Å². The maximum Gasteiger partial charge on any atom is 0.252 e. The van der Waals surface area contributed by atoms with Crippen molar-refractivity contribution in [2.24, 2.45) is 5.73 Å². The fraction of sp³-hybridized carbons (Fsp3) is 0.600. The molecule has 1 amide bonds. The normalized spacial score (nSPS) is 21.6. The monoisotopic (exact) mass is 291 g/mol. The number of anilines is 1. The fourth-order valence-corrected chi connectivity index (χ4v) is 3.26. The summed E-state index contributed by atoms with van der Waals surface area (Å²) in [7, 11) is 1.97. The lowest BCUT2D eigenvalue weighted by molar-refractivity contribution is -0.178. The highest BCUT2D eigenvalue weighted by atomic mass is 16.7. The number of primary amides is 1. The van der Waals surface area contributed by atoms with E-state index in [2.05, 4.69) is 9.88 Å². The minimum atomic E-state index is -0.445. The standard InChI is InChI=1S/C15H21N3O3/c1-18(14-12(13(16)19)3-2-8-17-14)11-4-6-15(7-5-11)20-9-10-21-15/h2-3,8,11H,4-7,9-10H2,1H3,(H2,16,19). The second kappa shape index (κ2) is 5.61. The van der Waals surface area contributed by atoms with Crippen molar-refractivity contribution in [3.8, 4) is 0 Å². The first-order valence-corrected chi connectivity index (χ1v) is 7.37. The molecular formula is C15H21N3O3. The average molecular weight is 291 g/mol. The highest BCUT2D eigenvalue weighted by Crippen LogP contribution is 2.38. The summed E-state index contributed by atoms with van der Waals surface area (Å²) >= 11 is 0. The van der Waals surface area contributed by atoms with Crippen molar-refractivity contribution in [1.82, 2.24) is 4.98 Å². The van der Waals surface area contributed by atoms with Crippen LogP contribution in [0.3, 0.4) is 0 Å². The number of carbonyl (C=O) groups excluding carboxylic acids is 1. The molecule has 0 unspecified atom stereocenters. The minimum absolute atomic E-state index is 0.316. The summed E-state index contributed by atoms with van der Waals surface area (Å²) in [6.07, 6.45) is 5.34. The second-order valence-electron chi connectivity index (χ2n) is 5.69. The first kappa shape index (κ1) is 14.3. The van der Waals surface area contributed by atoms with Gasteiger partial charge in [0.1, 0.15) is 5.82 Å². The predicted molar refractivity (Wildman–Crippen MR) is 78.0 cm³/mol. The lowest BCUT2D eigenvalue weighted by atomic mass is 9.89. The number of hydrogen-bond acceptors (Lipinski definition) is 5. The summed E-state index contributed by atoms with van der Waals surface area (Å²) in [6, 6.07) is 3.76. The molecule has 1 aromatic rings. The summed E-state index contributed by atoms with van der Waals surface area (Å²) in [5.41, 5.74) is 5.90. The SMILES string of the molecule is CN(c1ncccc1C(N)=O)C1CCC2(CC1)OCCO2. The zero-order valence-corrected chi connectivity index (χ0v) is 12.2. The average Bonchev–Trinajstić information content (AvgIpc) is 2.95. The van der Waals surface area contributed by atoms with Crippen LogP contribution in [0.25, 0.3) is 0 Å². The van der Waals surface area contributed by atoms with Gasteiger partial charge in [0.25, 0.3) is 5.91 Å². The largest absolute Gasteiger partial charge is 0.365 e. The zero-order chi connectivity index (χ0) is 14.9. The van der Waals surface area contributed by atoms with Crippen LogP contribution in [0.2, 0.25) is 0 Å². The third-order valence-electron chi connectivity index (χ3n) is 4.46. The Hall–Kier alpha value is -1.66.